The molecule has 2 rings (SSSR count). The second kappa shape index (κ2) is 6.50. The van der Waals surface area contributed by atoms with Crippen molar-refractivity contribution in [1.29, 1.82) is 0 Å². The van der Waals surface area contributed by atoms with Crippen molar-refractivity contribution >= 4 is 11.7 Å². The van der Waals surface area contributed by atoms with Crippen LogP contribution in [0.4, 0.5) is 5.82 Å². The average molecular weight is 262 g/mol. The number of nitrogens with zero attached hydrogens (tertiary/aromatic N) is 3. The first-order valence-corrected chi connectivity index (χ1v) is 6.95. The van der Waals surface area contributed by atoms with Gasteiger partial charge in [-0.1, -0.05) is 0 Å². The van der Waals surface area contributed by atoms with Crippen LogP contribution in [0.3, 0.4) is 0 Å². The molecule has 1 aliphatic heterocycles. The Morgan fingerprint density at radius 1 is 1.47 bits per heavy atom. The molecule has 0 spiro atoms. The third kappa shape index (κ3) is 4.19. The van der Waals surface area contributed by atoms with E-state index < -0.39 is 0 Å². The molecule has 1 saturated heterocycles. The van der Waals surface area contributed by atoms with E-state index in [-0.39, 0.29) is 5.91 Å². The molecule has 1 N–H and O–H groups in total. The fourth-order valence-corrected chi connectivity index (χ4v) is 2.52. The van der Waals surface area contributed by atoms with Crippen LogP contribution in [0, 0.1) is 12.8 Å². The molecule has 1 amide bonds. The lowest BCUT2D eigenvalue weighted by molar-refractivity contribution is -0.119. The van der Waals surface area contributed by atoms with Crippen molar-refractivity contribution in [2.75, 3.05) is 24.5 Å². The largest absolute Gasteiger partial charge is 0.356 e. The van der Waals surface area contributed by atoms with E-state index in [9.17, 15) is 4.79 Å². The van der Waals surface area contributed by atoms with E-state index in [4.69, 9.17) is 0 Å². The van der Waals surface area contributed by atoms with Gasteiger partial charge in [-0.25, -0.2) is 0 Å². The Bertz CT molecular complexity index is 418. The maximum Gasteiger partial charge on any atom is 0.216 e. The number of aryl methyl sites for hydroxylation is 1. The minimum absolute atomic E-state index is 0.0528. The van der Waals surface area contributed by atoms with Gasteiger partial charge in [0.25, 0.3) is 0 Å². The summed E-state index contributed by atoms with van der Waals surface area (Å²) in [6, 6.07) is 4.04. The predicted molar refractivity (Wildman–Crippen MR) is 75.0 cm³/mol. The minimum Gasteiger partial charge on any atom is -0.356 e. The molecule has 1 unspecified atom stereocenters. The summed E-state index contributed by atoms with van der Waals surface area (Å²) in [5.74, 6) is 1.65. The van der Waals surface area contributed by atoms with E-state index in [2.05, 4.69) is 20.4 Å². The number of amides is 1. The van der Waals surface area contributed by atoms with Crippen molar-refractivity contribution in [3.63, 3.8) is 0 Å². The van der Waals surface area contributed by atoms with Gasteiger partial charge in [0.2, 0.25) is 5.91 Å². The Morgan fingerprint density at radius 2 is 2.32 bits per heavy atom. The first-order valence-electron chi connectivity index (χ1n) is 6.95. The summed E-state index contributed by atoms with van der Waals surface area (Å²) in [6.07, 6.45) is 3.45. The highest BCUT2D eigenvalue weighted by Crippen LogP contribution is 2.23. The highest BCUT2D eigenvalue weighted by molar-refractivity contribution is 5.72. The molecule has 1 aromatic rings. The lowest BCUT2D eigenvalue weighted by Gasteiger charge is -2.33. The zero-order chi connectivity index (χ0) is 13.7. The van der Waals surface area contributed by atoms with E-state index >= 15 is 0 Å². The van der Waals surface area contributed by atoms with E-state index in [1.807, 2.05) is 19.1 Å². The van der Waals surface area contributed by atoms with Gasteiger partial charge >= 0.3 is 0 Å². The number of nitrogens with one attached hydrogen (secondary N) is 1. The van der Waals surface area contributed by atoms with Gasteiger partial charge < -0.3 is 10.2 Å². The van der Waals surface area contributed by atoms with Crippen LogP contribution in [-0.2, 0) is 4.79 Å². The third-order valence-corrected chi connectivity index (χ3v) is 3.55. The van der Waals surface area contributed by atoms with Crippen LogP contribution in [0.15, 0.2) is 12.1 Å². The first kappa shape index (κ1) is 13.8. The lowest BCUT2D eigenvalue weighted by Crippen LogP contribution is -2.37. The maximum atomic E-state index is 10.9. The molecular weight excluding hydrogens is 240 g/mol. The van der Waals surface area contributed by atoms with Crippen LogP contribution in [0.5, 0.6) is 0 Å². The van der Waals surface area contributed by atoms with Crippen molar-refractivity contribution in [3.8, 4) is 0 Å². The summed E-state index contributed by atoms with van der Waals surface area (Å²) >= 11 is 0. The number of carbonyl (C=O) groups is 1. The highest BCUT2D eigenvalue weighted by atomic mass is 16.1. The van der Waals surface area contributed by atoms with E-state index in [0.29, 0.717) is 5.92 Å². The number of rotatable bonds is 4. The second-order valence-corrected chi connectivity index (χ2v) is 5.26. The predicted octanol–water partition coefficient (Wildman–Crippen LogP) is 1.53. The Balaban J connectivity index is 1.86. The molecule has 104 valence electrons. The molecule has 2 heterocycles. The molecule has 0 saturated carbocycles. The topological polar surface area (TPSA) is 58.1 Å². The summed E-state index contributed by atoms with van der Waals surface area (Å²) in [4.78, 5) is 13.2. The Hall–Kier alpha value is -1.65. The molecule has 0 aromatic carbocycles. The van der Waals surface area contributed by atoms with Crippen molar-refractivity contribution < 1.29 is 4.79 Å². The summed E-state index contributed by atoms with van der Waals surface area (Å²) in [5.41, 5.74) is 0.947. The lowest BCUT2D eigenvalue weighted by atomic mass is 9.95. The minimum atomic E-state index is 0.0528. The van der Waals surface area contributed by atoms with Gasteiger partial charge in [-0.15, -0.1) is 5.10 Å². The van der Waals surface area contributed by atoms with Crippen molar-refractivity contribution in [1.82, 2.24) is 15.5 Å². The monoisotopic (exact) mass is 262 g/mol. The van der Waals surface area contributed by atoms with Crippen LogP contribution >= 0.6 is 0 Å². The molecule has 1 aliphatic rings. The molecule has 0 aliphatic carbocycles. The molecule has 0 radical (unpaired) electrons. The molecule has 5 heteroatoms. The second-order valence-electron chi connectivity index (χ2n) is 5.26. The Kier molecular flexibility index (Phi) is 4.71. The van der Waals surface area contributed by atoms with Crippen LogP contribution in [0.1, 0.15) is 31.9 Å². The van der Waals surface area contributed by atoms with Gasteiger partial charge in [-0.05, 0) is 44.2 Å². The summed E-state index contributed by atoms with van der Waals surface area (Å²) in [6.45, 7) is 6.34. The molecule has 0 bridgehead atoms. The number of hydrogen-bond donors (Lipinski definition) is 1. The fraction of sp³-hybridized carbons (Fsp3) is 0.643. The van der Waals surface area contributed by atoms with Crippen molar-refractivity contribution in [3.05, 3.63) is 17.8 Å². The molecule has 1 aromatic heterocycles. The number of hydrogen-bond acceptors (Lipinski definition) is 4. The maximum absolute atomic E-state index is 10.9. The summed E-state index contributed by atoms with van der Waals surface area (Å²) in [5, 5.41) is 11.2. The zero-order valence-corrected chi connectivity index (χ0v) is 11.7. The molecule has 19 heavy (non-hydrogen) atoms. The zero-order valence-electron chi connectivity index (χ0n) is 11.7. The van der Waals surface area contributed by atoms with E-state index in [1.54, 1.807) is 6.92 Å². The van der Waals surface area contributed by atoms with Gasteiger partial charge in [-0.2, -0.15) is 5.10 Å². The van der Waals surface area contributed by atoms with Crippen LogP contribution in [0.25, 0.3) is 0 Å². The van der Waals surface area contributed by atoms with Crippen LogP contribution in [0.2, 0.25) is 0 Å². The van der Waals surface area contributed by atoms with Crippen molar-refractivity contribution in [2.24, 2.45) is 5.92 Å². The number of aromatic nitrogens is 2. The normalized spacial score (nSPS) is 19.3. The number of piperidine rings is 1. The summed E-state index contributed by atoms with van der Waals surface area (Å²) < 4.78 is 0. The van der Waals surface area contributed by atoms with Gasteiger partial charge in [-0.3, -0.25) is 4.79 Å². The highest BCUT2D eigenvalue weighted by Gasteiger charge is 2.20. The standard InChI is InChI=1S/C14H22N4O/c1-11-5-6-14(17-16-11)18-9-3-4-13(10-18)7-8-15-12(2)19/h5-6,13H,3-4,7-10H2,1-2H3,(H,15,19). The van der Waals surface area contributed by atoms with Gasteiger partial charge in [0.05, 0.1) is 5.69 Å². The number of carbonyl (C=O) groups excluding carboxylic acids is 1. The Labute approximate surface area is 114 Å². The smallest absolute Gasteiger partial charge is 0.216 e. The summed E-state index contributed by atoms with van der Waals surface area (Å²) in [7, 11) is 0. The SMILES string of the molecule is CC(=O)NCCC1CCCN(c2ccc(C)nn2)C1. The third-order valence-electron chi connectivity index (χ3n) is 3.55. The van der Waals surface area contributed by atoms with Gasteiger partial charge in [0, 0.05) is 26.6 Å². The quantitative estimate of drug-likeness (QED) is 0.894. The first-order chi connectivity index (χ1) is 9.15. The van der Waals surface area contributed by atoms with Crippen molar-refractivity contribution in [2.45, 2.75) is 33.1 Å². The fourth-order valence-electron chi connectivity index (χ4n) is 2.52. The average Bonchev–Trinajstić information content (AvgIpc) is 2.39. The van der Waals surface area contributed by atoms with Gasteiger partial charge in [0.15, 0.2) is 5.82 Å². The molecule has 5 nitrogen and oxygen atoms in total. The van der Waals surface area contributed by atoms with Crippen LogP contribution in [-0.4, -0.2) is 35.7 Å². The Morgan fingerprint density at radius 3 is 3.00 bits per heavy atom. The van der Waals surface area contributed by atoms with Crippen LogP contribution < -0.4 is 10.2 Å². The molecule has 1 atom stereocenters. The van der Waals surface area contributed by atoms with Gasteiger partial charge in [0.1, 0.15) is 0 Å². The van der Waals surface area contributed by atoms with E-state index in [1.165, 1.54) is 12.8 Å². The van der Waals surface area contributed by atoms with E-state index in [0.717, 1.165) is 37.6 Å². The molecule has 1 fully saturated rings. The molecular formula is C14H22N4O. The number of anilines is 1.